The number of rotatable bonds is 8. The first-order chi connectivity index (χ1) is 24.0. The van der Waals surface area contributed by atoms with E-state index in [-0.39, 0.29) is 28.7 Å². The summed E-state index contributed by atoms with van der Waals surface area (Å²) >= 11 is 2.60. The Labute approximate surface area is 288 Å². The van der Waals surface area contributed by atoms with E-state index in [1.807, 2.05) is 29.3 Å². The SMILES string of the molecule is COc1cccc2c1CC[C@H]2Nc1nccc2cc(-c3c4c(nc(CCc5ccc(F)cc5)c3-c3n[nH]c(=O)s3)[C@@H]3CCCN3C4=O)sc12. The lowest BCUT2D eigenvalue weighted by atomic mass is 9.93. The summed E-state index contributed by atoms with van der Waals surface area (Å²) in [5.74, 6) is 1.38. The Morgan fingerprint density at radius 3 is 2.73 bits per heavy atom. The zero-order valence-corrected chi connectivity index (χ0v) is 28.2. The Bertz CT molecular complexity index is 2330. The molecule has 0 radical (unpaired) electrons. The molecule has 1 saturated heterocycles. The van der Waals surface area contributed by atoms with Crippen molar-refractivity contribution in [1.82, 2.24) is 25.1 Å². The van der Waals surface area contributed by atoms with E-state index in [2.05, 4.69) is 27.6 Å². The van der Waals surface area contributed by atoms with E-state index in [9.17, 15) is 14.0 Å². The second-order valence-electron chi connectivity index (χ2n) is 12.7. The van der Waals surface area contributed by atoms with Crippen LogP contribution in [0.3, 0.4) is 0 Å². The molecule has 2 aliphatic heterocycles. The number of nitrogens with zero attached hydrogens (tertiary/aromatic N) is 4. The molecular formula is C37H31FN6O3S2. The van der Waals surface area contributed by atoms with Crippen LogP contribution in [0.25, 0.3) is 31.1 Å². The van der Waals surface area contributed by atoms with Gasteiger partial charge in [-0.05, 0) is 90.9 Å². The molecule has 1 amide bonds. The molecule has 1 aliphatic carbocycles. The number of pyridine rings is 2. The number of methoxy groups -OCH3 is 1. The molecule has 246 valence electrons. The van der Waals surface area contributed by atoms with E-state index >= 15 is 0 Å². The lowest BCUT2D eigenvalue weighted by molar-refractivity contribution is 0.0776. The van der Waals surface area contributed by atoms with Gasteiger partial charge in [0, 0.05) is 28.7 Å². The number of aryl methyl sites for hydroxylation is 2. The predicted molar refractivity (Wildman–Crippen MR) is 189 cm³/mol. The number of carbonyl (C=O) groups is 1. The van der Waals surface area contributed by atoms with Gasteiger partial charge in [0.15, 0.2) is 5.01 Å². The maximum absolute atomic E-state index is 14.2. The van der Waals surface area contributed by atoms with Gasteiger partial charge < -0.3 is 15.0 Å². The Kier molecular flexibility index (Phi) is 7.31. The average Bonchev–Trinajstić information content (AvgIpc) is 3.95. The second kappa shape index (κ2) is 11.9. The molecule has 9 rings (SSSR count). The fourth-order valence-electron chi connectivity index (χ4n) is 7.78. The molecule has 49 heavy (non-hydrogen) atoms. The first-order valence-corrected chi connectivity index (χ1v) is 18.1. The van der Waals surface area contributed by atoms with Gasteiger partial charge >= 0.3 is 4.87 Å². The van der Waals surface area contributed by atoms with Crippen LogP contribution in [0.2, 0.25) is 0 Å². The number of thiophene rings is 1. The molecule has 2 atom stereocenters. The summed E-state index contributed by atoms with van der Waals surface area (Å²) in [6.45, 7) is 0.688. The Hall–Kier alpha value is -4.94. The highest BCUT2D eigenvalue weighted by Gasteiger charge is 2.44. The molecule has 12 heteroatoms. The number of carbonyl (C=O) groups excluding carboxylic acids is 1. The van der Waals surface area contributed by atoms with Crippen LogP contribution >= 0.6 is 22.7 Å². The van der Waals surface area contributed by atoms with E-state index in [4.69, 9.17) is 14.7 Å². The fourth-order valence-corrected chi connectivity index (χ4v) is 9.62. The number of aromatic nitrogens is 4. The second-order valence-corrected chi connectivity index (χ2v) is 14.7. The van der Waals surface area contributed by atoms with E-state index in [1.54, 1.807) is 30.6 Å². The molecule has 6 aromatic rings. The number of hydrogen-bond donors (Lipinski definition) is 2. The number of halogens is 1. The van der Waals surface area contributed by atoms with Crippen molar-refractivity contribution >= 4 is 44.5 Å². The molecule has 4 aromatic heterocycles. The summed E-state index contributed by atoms with van der Waals surface area (Å²) in [6.07, 6.45) is 6.58. The largest absolute Gasteiger partial charge is 0.496 e. The fraction of sp³-hybridized carbons (Fsp3) is 0.270. The monoisotopic (exact) mass is 690 g/mol. The van der Waals surface area contributed by atoms with Crippen LogP contribution in [-0.4, -0.2) is 44.6 Å². The van der Waals surface area contributed by atoms with Crippen molar-refractivity contribution in [1.29, 1.82) is 0 Å². The molecule has 0 saturated carbocycles. The van der Waals surface area contributed by atoms with Crippen molar-refractivity contribution in [2.45, 2.75) is 50.6 Å². The third kappa shape index (κ3) is 5.04. The first kappa shape index (κ1) is 30.1. The third-order valence-corrected chi connectivity index (χ3v) is 11.9. The van der Waals surface area contributed by atoms with Crippen LogP contribution in [0.1, 0.15) is 69.8 Å². The summed E-state index contributed by atoms with van der Waals surface area (Å²) in [5, 5.41) is 12.2. The van der Waals surface area contributed by atoms with Gasteiger partial charge in [0.1, 0.15) is 17.4 Å². The highest BCUT2D eigenvalue weighted by atomic mass is 32.1. The Balaban J connectivity index is 1.20. The Morgan fingerprint density at radius 1 is 1.04 bits per heavy atom. The number of benzene rings is 2. The third-order valence-electron chi connectivity index (χ3n) is 10.00. The molecule has 0 unspecified atom stereocenters. The quantitative estimate of drug-likeness (QED) is 0.170. The van der Waals surface area contributed by atoms with Gasteiger partial charge in [0.25, 0.3) is 5.91 Å². The smallest absolute Gasteiger partial charge is 0.322 e. The van der Waals surface area contributed by atoms with Crippen molar-refractivity contribution in [3.05, 3.63) is 110 Å². The minimum atomic E-state index is -0.284. The van der Waals surface area contributed by atoms with Gasteiger partial charge in [-0.3, -0.25) is 14.6 Å². The van der Waals surface area contributed by atoms with Crippen LogP contribution in [0.15, 0.2) is 65.6 Å². The van der Waals surface area contributed by atoms with Crippen LogP contribution in [0.4, 0.5) is 10.2 Å². The molecule has 2 aromatic carbocycles. The van der Waals surface area contributed by atoms with E-state index < -0.39 is 0 Å². The van der Waals surface area contributed by atoms with Crippen LogP contribution in [-0.2, 0) is 19.3 Å². The van der Waals surface area contributed by atoms with E-state index in [0.717, 1.165) is 86.1 Å². The topological polar surface area (TPSA) is 113 Å². The first-order valence-electron chi connectivity index (χ1n) is 16.5. The molecule has 1 fully saturated rings. The standard InChI is InChI=1S/C37H31FN6O3S2/c1-47-27-6-2-4-22-23(27)12-14-24(22)41-34-33-20(15-16-39-34)18-28(48-33)30-29(35-42-43-37(46)49-35)25(13-9-19-7-10-21(38)11-8-19)40-32-26-5-3-17-44(26)36(45)31(30)32/h2,4,6-8,10-11,15-16,18,24,26H,3,5,9,12-14,17H2,1H3,(H,39,41)(H,43,46)/t24-,26+/m1/s1. The molecule has 9 nitrogen and oxygen atoms in total. The zero-order chi connectivity index (χ0) is 33.2. The predicted octanol–water partition coefficient (Wildman–Crippen LogP) is 7.49. The minimum absolute atomic E-state index is 0.0281. The van der Waals surface area contributed by atoms with Crippen molar-refractivity contribution in [3.63, 3.8) is 0 Å². The lowest BCUT2D eigenvalue weighted by Crippen LogP contribution is -2.22. The van der Waals surface area contributed by atoms with Crippen molar-refractivity contribution in [2.24, 2.45) is 0 Å². The van der Waals surface area contributed by atoms with E-state index in [1.165, 1.54) is 23.3 Å². The van der Waals surface area contributed by atoms with Gasteiger partial charge in [0.2, 0.25) is 0 Å². The number of amides is 1. The van der Waals surface area contributed by atoms with E-state index in [0.29, 0.717) is 35.5 Å². The molecular weight excluding hydrogens is 660 g/mol. The summed E-state index contributed by atoms with van der Waals surface area (Å²) < 4.78 is 20.3. The molecule has 6 heterocycles. The summed E-state index contributed by atoms with van der Waals surface area (Å²) in [4.78, 5) is 39.3. The van der Waals surface area contributed by atoms with Crippen molar-refractivity contribution in [2.75, 3.05) is 19.0 Å². The van der Waals surface area contributed by atoms with Gasteiger partial charge in [-0.25, -0.2) is 14.5 Å². The molecule has 3 aliphatic rings. The zero-order valence-electron chi connectivity index (χ0n) is 26.6. The van der Waals surface area contributed by atoms with Gasteiger partial charge in [-0.15, -0.1) is 11.3 Å². The Morgan fingerprint density at radius 2 is 1.92 bits per heavy atom. The minimum Gasteiger partial charge on any atom is -0.496 e. The molecule has 0 spiro atoms. The van der Waals surface area contributed by atoms with Crippen molar-refractivity contribution in [3.8, 4) is 26.8 Å². The van der Waals surface area contributed by atoms with Gasteiger partial charge in [-0.1, -0.05) is 35.6 Å². The van der Waals surface area contributed by atoms with Crippen molar-refractivity contribution < 1.29 is 13.9 Å². The summed E-state index contributed by atoms with van der Waals surface area (Å²) in [5.41, 5.74) is 7.04. The molecule has 0 bridgehead atoms. The normalized spacial score (nSPS) is 17.8. The summed E-state index contributed by atoms with van der Waals surface area (Å²) in [6, 6.07) is 16.8. The van der Waals surface area contributed by atoms with Gasteiger partial charge in [-0.2, -0.15) is 5.10 Å². The highest BCUT2D eigenvalue weighted by Crippen LogP contribution is 2.51. The number of hydrogen-bond acceptors (Lipinski definition) is 9. The van der Waals surface area contributed by atoms with Crippen LogP contribution < -0.4 is 14.9 Å². The lowest BCUT2D eigenvalue weighted by Gasteiger charge is -2.17. The number of nitrogens with one attached hydrogen (secondary N) is 2. The van der Waals surface area contributed by atoms with Crippen LogP contribution in [0.5, 0.6) is 5.75 Å². The van der Waals surface area contributed by atoms with Gasteiger partial charge in [0.05, 0.1) is 40.8 Å². The highest BCUT2D eigenvalue weighted by molar-refractivity contribution is 7.23. The number of H-pyrrole nitrogens is 1. The maximum Gasteiger partial charge on any atom is 0.322 e. The molecule has 2 N–H and O–H groups in total. The average molecular weight is 691 g/mol. The number of ether oxygens (including phenoxy) is 1. The number of aromatic amines is 1. The number of anilines is 1. The number of fused-ring (bicyclic) bond motifs is 5. The summed E-state index contributed by atoms with van der Waals surface area (Å²) in [7, 11) is 1.71. The van der Waals surface area contributed by atoms with Crippen LogP contribution in [0, 0.1) is 5.82 Å². The maximum atomic E-state index is 14.2.